The van der Waals surface area contributed by atoms with Gasteiger partial charge in [0.2, 0.25) is 0 Å². The summed E-state index contributed by atoms with van der Waals surface area (Å²) in [5.74, 6) is 0.821. The number of hydrogen-bond donors (Lipinski definition) is 0. The van der Waals surface area contributed by atoms with Gasteiger partial charge in [-0.05, 0) is 29.3 Å². The highest BCUT2D eigenvalue weighted by Gasteiger charge is 1.96. The van der Waals surface area contributed by atoms with Gasteiger partial charge < -0.3 is 4.74 Å². The van der Waals surface area contributed by atoms with E-state index in [4.69, 9.17) is 27.9 Å². The first-order valence-corrected chi connectivity index (χ1v) is 6.29. The first kappa shape index (κ1) is 13.0. The maximum atomic E-state index is 5.67. The Morgan fingerprint density at radius 1 is 0.944 bits per heavy atom. The Labute approximate surface area is 117 Å². The predicted octanol–water partition coefficient (Wildman–Crippen LogP) is 5.04. The van der Waals surface area contributed by atoms with E-state index in [0.717, 1.165) is 16.9 Å². The van der Waals surface area contributed by atoms with Gasteiger partial charge in [0.1, 0.15) is 16.8 Å². The molecule has 0 bridgehead atoms. The van der Waals surface area contributed by atoms with Crippen molar-refractivity contribution >= 4 is 29.3 Å². The Morgan fingerprint density at radius 2 is 1.61 bits per heavy atom. The van der Waals surface area contributed by atoms with E-state index < -0.39 is 0 Å². The molecule has 0 aliphatic heterocycles. The fourth-order valence-electron chi connectivity index (χ4n) is 1.53. The van der Waals surface area contributed by atoms with Crippen molar-refractivity contribution in [2.75, 3.05) is 0 Å². The van der Waals surface area contributed by atoms with Crippen molar-refractivity contribution in [3.8, 4) is 5.75 Å². The zero-order chi connectivity index (χ0) is 12.8. The van der Waals surface area contributed by atoms with E-state index in [-0.39, 0.29) is 4.49 Å². The fraction of sp³-hybridized carbons (Fsp3) is 0.0667. The molecule has 92 valence electrons. The molecule has 0 spiro atoms. The summed E-state index contributed by atoms with van der Waals surface area (Å²) in [6.07, 6.45) is 1.68. The van der Waals surface area contributed by atoms with Crippen LogP contribution in [0.3, 0.4) is 0 Å². The van der Waals surface area contributed by atoms with Gasteiger partial charge in [-0.25, -0.2) is 0 Å². The smallest absolute Gasteiger partial charge is 0.119 e. The standard InChI is InChI=1S/C15H12Cl2O/c16-15(17)10-12-6-8-14(9-7-12)18-11-13-4-2-1-3-5-13/h1-10H,11H2. The minimum atomic E-state index is 0.243. The van der Waals surface area contributed by atoms with E-state index in [1.54, 1.807) is 6.08 Å². The van der Waals surface area contributed by atoms with Crippen LogP contribution in [-0.4, -0.2) is 0 Å². The van der Waals surface area contributed by atoms with Crippen LogP contribution in [0, 0.1) is 0 Å². The van der Waals surface area contributed by atoms with Crippen molar-refractivity contribution in [2.45, 2.75) is 6.61 Å². The van der Waals surface area contributed by atoms with Crippen molar-refractivity contribution in [3.05, 3.63) is 70.2 Å². The quantitative estimate of drug-likeness (QED) is 0.761. The fourth-order valence-corrected chi connectivity index (χ4v) is 1.78. The van der Waals surface area contributed by atoms with E-state index in [1.807, 2.05) is 54.6 Å². The van der Waals surface area contributed by atoms with Gasteiger partial charge in [0.25, 0.3) is 0 Å². The van der Waals surface area contributed by atoms with Gasteiger partial charge in [-0.2, -0.15) is 0 Å². The van der Waals surface area contributed by atoms with Crippen molar-refractivity contribution in [1.82, 2.24) is 0 Å². The van der Waals surface area contributed by atoms with Crippen molar-refractivity contribution in [1.29, 1.82) is 0 Å². The number of benzene rings is 2. The number of ether oxygens (including phenoxy) is 1. The molecule has 18 heavy (non-hydrogen) atoms. The summed E-state index contributed by atoms with van der Waals surface area (Å²) >= 11 is 11.2. The second kappa shape index (κ2) is 6.48. The Hall–Kier alpha value is -1.44. The molecule has 1 nitrogen and oxygen atoms in total. The minimum Gasteiger partial charge on any atom is -0.489 e. The predicted molar refractivity (Wildman–Crippen MR) is 76.9 cm³/mol. The molecule has 0 saturated heterocycles. The molecular formula is C15H12Cl2O. The molecule has 2 aromatic rings. The van der Waals surface area contributed by atoms with Crippen molar-refractivity contribution in [2.24, 2.45) is 0 Å². The summed E-state index contributed by atoms with van der Waals surface area (Å²) in [7, 11) is 0. The molecule has 0 amide bonds. The molecule has 0 heterocycles. The molecule has 0 unspecified atom stereocenters. The molecule has 0 fully saturated rings. The maximum absolute atomic E-state index is 5.67. The molecule has 2 rings (SSSR count). The van der Waals surface area contributed by atoms with E-state index in [0.29, 0.717) is 6.61 Å². The lowest BCUT2D eigenvalue weighted by molar-refractivity contribution is 0.306. The van der Waals surface area contributed by atoms with Crippen LogP contribution in [0.4, 0.5) is 0 Å². The lowest BCUT2D eigenvalue weighted by Gasteiger charge is -2.06. The number of halogens is 2. The summed E-state index contributed by atoms with van der Waals surface area (Å²) in [4.78, 5) is 0. The molecule has 0 saturated carbocycles. The van der Waals surface area contributed by atoms with E-state index >= 15 is 0 Å². The molecule has 0 aromatic heterocycles. The summed E-state index contributed by atoms with van der Waals surface area (Å²) in [5, 5.41) is 0. The Morgan fingerprint density at radius 3 is 2.22 bits per heavy atom. The molecule has 2 aromatic carbocycles. The van der Waals surface area contributed by atoms with Gasteiger partial charge in [-0.3, -0.25) is 0 Å². The highest BCUT2D eigenvalue weighted by Crippen LogP contribution is 2.18. The summed E-state index contributed by atoms with van der Waals surface area (Å²) < 4.78 is 5.91. The number of hydrogen-bond acceptors (Lipinski definition) is 1. The van der Waals surface area contributed by atoms with E-state index in [9.17, 15) is 0 Å². The zero-order valence-corrected chi connectivity index (χ0v) is 11.2. The van der Waals surface area contributed by atoms with Gasteiger partial charge in [0.05, 0.1) is 0 Å². The third-order valence-corrected chi connectivity index (χ3v) is 2.62. The van der Waals surface area contributed by atoms with Crippen LogP contribution < -0.4 is 4.74 Å². The lowest BCUT2D eigenvalue weighted by Crippen LogP contribution is -1.94. The van der Waals surface area contributed by atoms with Gasteiger partial charge in [0, 0.05) is 0 Å². The first-order valence-electron chi connectivity index (χ1n) is 5.53. The average Bonchev–Trinajstić information content (AvgIpc) is 2.38. The Bertz CT molecular complexity index is 514. The molecule has 3 heteroatoms. The molecule has 0 N–H and O–H groups in total. The minimum absolute atomic E-state index is 0.243. The summed E-state index contributed by atoms with van der Waals surface area (Å²) in [6, 6.07) is 17.6. The summed E-state index contributed by atoms with van der Waals surface area (Å²) in [5.41, 5.74) is 2.09. The third-order valence-electron chi connectivity index (χ3n) is 2.40. The zero-order valence-electron chi connectivity index (χ0n) is 9.64. The van der Waals surface area contributed by atoms with Gasteiger partial charge in [-0.1, -0.05) is 65.7 Å². The van der Waals surface area contributed by atoms with Crippen LogP contribution in [0.2, 0.25) is 0 Å². The van der Waals surface area contributed by atoms with Crippen LogP contribution >= 0.6 is 23.2 Å². The van der Waals surface area contributed by atoms with Gasteiger partial charge in [-0.15, -0.1) is 0 Å². The van der Waals surface area contributed by atoms with Crippen LogP contribution in [0.1, 0.15) is 11.1 Å². The van der Waals surface area contributed by atoms with E-state index in [1.165, 1.54) is 0 Å². The van der Waals surface area contributed by atoms with Crippen molar-refractivity contribution < 1.29 is 4.74 Å². The van der Waals surface area contributed by atoms with E-state index in [2.05, 4.69) is 0 Å². The Balaban J connectivity index is 1.97. The first-order chi connectivity index (χ1) is 8.74. The second-order valence-electron chi connectivity index (χ2n) is 3.78. The second-order valence-corrected chi connectivity index (χ2v) is 4.79. The van der Waals surface area contributed by atoms with Gasteiger partial charge in [0.15, 0.2) is 0 Å². The monoisotopic (exact) mass is 278 g/mol. The molecule has 0 atom stereocenters. The van der Waals surface area contributed by atoms with Crippen molar-refractivity contribution in [3.63, 3.8) is 0 Å². The molecule has 0 radical (unpaired) electrons. The normalized spacial score (nSPS) is 9.89. The highest BCUT2D eigenvalue weighted by molar-refractivity contribution is 6.57. The third kappa shape index (κ3) is 4.10. The number of rotatable bonds is 4. The lowest BCUT2D eigenvalue weighted by atomic mass is 10.2. The van der Waals surface area contributed by atoms with Crippen LogP contribution in [0.25, 0.3) is 6.08 Å². The Kier molecular flexibility index (Phi) is 4.68. The summed E-state index contributed by atoms with van der Waals surface area (Å²) in [6.45, 7) is 0.562. The molecule has 0 aliphatic carbocycles. The maximum Gasteiger partial charge on any atom is 0.119 e. The highest BCUT2D eigenvalue weighted by atomic mass is 35.5. The van der Waals surface area contributed by atoms with Gasteiger partial charge >= 0.3 is 0 Å². The van der Waals surface area contributed by atoms with Crippen LogP contribution in [-0.2, 0) is 6.61 Å². The largest absolute Gasteiger partial charge is 0.489 e. The van der Waals surface area contributed by atoms with Crippen LogP contribution in [0.15, 0.2) is 59.1 Å². The molecular weight excluding hydrogens is 267 g/mol. The SMILES string of the molecule is ClC(Cl)=Cc1ccc(OCc2ccccc2)cc1. The molecule has 0 aliphatic rings. The average molecular weight is 279 g/mol. The van der Waals surface area contributed by atoms with Crippen LogP contribution in [0.5, 0.6) is 5.75 Å². The topological polar surface area (TPSA) is 9.23 Å².